The largest absolute Gasteiger partial charge is 0.506 e. The zero-order valence-electron chi connectivity index (χ0n) is 28.8. The molecule has 0 radical (unpaired) electrons. The fraction of sp³-hybridized carbons (Fsp3) is 0.600. The summed E-state index contributed by atoms with van der Waals surface area (Å²) in [4.78, 5) is 26.8. The van der Waals surface area contributed by atoms with Gasteiger partial charge < -0.3 is 15.3 Å². The molecule has 1 amide bonds. The normalized spacial score (nSPS) is 38.7. The number of amides is 1. The highest BCUT2D eigenvalue weighted by molar-refractivity contribution is 7.16. The molecule has 1 fully saturated rings. The number of aromatic hydroxyl groups is 1. The Bertz CT molecular complexity index is 1390. The van der Waals surface area contributed by atoms with Gasteiger partial charge in [0.15, 0.2) is 1.41 Å². The van der Waals surface area contributed by atoms with E-state index in [1.54, 1.807) is 0 Å². The van der Waals surface area contributed by atoms with Crippen LogP contribution in [-0.2, 0) is 0 Å². The van der Waals surface area contributed by atoms with Gasteiger partial charge in [-0.2, -0.15) is 0 Å². The summed E-state index contributed by atoms with van der Waals surface area (Å²) >= 11 is 0.855. The summed E-state index contributed by atoms with van der Waals surface area (Å²) < 4.78 is 114. The van der Waals surface area contributed by atoms with Gasteiger partial charge in [-0.05, 0) is 63.3 Å². The van der Waals surface area contributed by atoms with E-state index in [1.165, 1.54) is 11.4 Å². The van der Waals surface area contributed by atoms with Gasteiger partial charge in [0.2, 0.25) is 0 Å². The predicted octanol–water partition coefficient (Wildman–Crippen LogP) is 3.20. The Morgan fingerprint density at radius 2 is 2.52 bits per heavy atom. The molecular formula is C20H29N3O3S. The van der Waals surface area contributed by atoms with Crippen molar-refractivity contribution in [3.63, 3.8) is 0 Å². The van der Waals surface area contributed by atoms with Crippen molar-refractivity contribution < 1.29 is 29.1 Å². The second kappa shape index (κ2) is 8.44. The first-order chi connectivity index (χ1) is 18.2. The molecule has 2 atom stereocenters. The Kier molecular flexibility index (Phi) is 2.71. The van der Waals surface area contributed by atoms with Crippen molar-refractivity contribution in [2.75, 3.05) is 26.1 Å². The number of rotatable bonds is 6. The van der Waals surface area contributed by atoms with E-state index in [9.17, 15) is 14.7 Å². The summed E-state index contributed by atoms with van der Waals surface area (Å²) in [6.45, 7) is -8.91. The topological polar surface area (TPSA) is 74.6 Å². The van der Waals surface area contributed by atoms with Crippen molar-refractivity contribution >= 4 is 27.5 Å². The summed E-state index contributed by atoms with van der Waals surface area (Å²) in [5.41, 5.74) is -2.32. The number of nitrogens with zero attached hydrogens (tertiary/aromatic N) is 2. The first-order valence-corrected chi connectivity index (χ1v) is 9.05. The Morgan fingerprint density at radius 1 is 1.70 bits per heavy atom. The minimum atomic E-state index is -3.35. The highest BCUT2D eigenvalue weighted by atomic mass is 32.1. The van der Waals surface area contributed by atoms with Gasteiger partial charge in [-0.1, -0.05) is 6.92 Å². The van der Waals surface area contributed by atoms with Gasteiger partial charge in [0, 0.05) is 35.5 Å². The highest BCUT2D eigenvalue weighted by Crippen LogP contribution is 2.31. The lowest BCUT2D eigenvalue weighted by Crippen LogP contribution is -2.37. The second-order valence-electron chi connectivity index (χ2n) is 5.88. The lowest BCUT2D eigenvalue weighted by Gasteiger charge is -2.30. The van der Waals surface area contributed by atoms with E-state index in [2.05, 4.69) is 0 Å². The van der Waals surface area contributed by atoms with Crippen LogP contribution in [0.25, 0.3) is 10.2 Å². The number of carbonyl (C=O) groups excluding carboxylic acids is 1. The van der Waals surface area contributed by atoms with Crippen LogP contribution in [-0.4, -0.2) is 46.6 Å². The average molecular weight is 406 g/mol. The standard InChI is InChI=1S/C20H29N3O3S/c1-13(2)23-19(26)16(17(24)15-7-11-27-20(15)23)18(25)21-8-5-10-22-9-4-6-14(3)12-22/h7,11,13-14,24H,4-6,8-10,12H2,1-3H3,(H,21,25)/i1D3,4D2,6D2,9D2,12D2,13D,14D/hD. The number of pyridine rings is 1. The molecule has 0 saturated carbocycles. The first kappa shape index (κ1) is 8.66. The first-order valence-electron chi connectivity index (χ1n) is 15.1. The number of hydrogen-bond acceptors (Lipinski definition) is 5. The van der Waals surface area contributed by atoms with E-state index in [-0.39, 0.29) is 15.5 Å². The fourth-order valence-corrected chi connectivity index (χ4v) is 3.59. The third-order valence-corrected chi connectivity index (χ3v) is 4.74. The van der Waals surface area contributed by atoms with Crippen molar-refractivity contribution in [2.45, 2.75) is 45.9 Å². The minimum Gasteiger partial charge on any atom is -0.506 e. The molecule has 0 bridgehead atoms. The number of thiophene rings is 1. The molecule has 27 heavy (non-hydrogen) atoms. The van der Waals surface area contributed by atoms with Crippen LogP contribution < -0.4 is 10.9 Å². The molecule has 2 aromatic heterocycles. The van der Waals surface area contributed by atoms with Crippen LogP contribution in [0, 0.1) is 5.89 Å². The minimum absolute atomic E-state index is 0.0867. The van der Waals surface area contributed by atoms with Crippen LogP contribution >= 0.6 is 11.3 Å². The van der Waals surface area contributed by atoms with E-state index in [4.69, 9.17) is 19.2 Å². The molecule has 0 aromatic carbocycles. The summed E-state index contributed by atoms with van der Waals surface area (Å²) in [7, 11) is 0. The van der Waals surface area contributed by atoms with Crippen LogP contribution in [0.15, 0.2) is 16.2 Å². The number of fused-ring (bicyclic) bond motifs is 1. The van der Waals surface area contributed by atoms with E-state index in [0.717, 1.165) is 25.2 Å². The molecule has 6 nitrogen and oxygen atoms in total. The summed E-state index contributed by atoms with van der Waals surface area (Å²) in [5.74, 6) is -5.02. The van der Waals surface area contributed by atoms with Crippen molar-refractivity contribution in [3.05, 3.63) is 27.4 Å². The summed E-state index contributed by atoms with van der Waals surface area (Å²) in [6.07, 6.45) is -7.03. The SMILES string of the molecule is [2H]N(CCCN1C([2H])([2H])C([2H])([2H])C([2H])([2H])C([2H])(C)C1([2H])[2H])C(=O)c1c(O)c2ccsc2n(C([2H])(C)C([2H])([2H])[2H])c1=O. The van der Waals surface area contributed by atoms with E-state index in [0.29, 0.717) is 9.47 Å². The van der Waals surface area contributed by atoms with E-state index in [1.807, 2.05) is 0 Å². The van der Waals surface area contributed by atoms with Gasteiger partial charge in [0.25, 0.3) is 11.5 Å². The summed E-state index contributed by atoms with van der Waals surface area (Å²) in [5, 5.41) is 12.2. The Labute approximate surface area is 183 Å². The van der Waals surface area contributed by atoms with Crippen LogP contribution in [0.2, 0.25) is 1.41 Å². The van der Waals surface area contributed by atoms with Crippen LogP contribution in [0.5, 0.6) is 5.75 Å². The second-order valence-corrected chi connectivity index (χ2v) is 6.77. The molecule has 2 unspecified atom stereocenters. The van der Waals surface area contributed by atoms with E-state index < -0.39 is 86.8 Å². The molecule has 2 N–H and O–H groups in total. The van der Waals surface area contributed by atoms with Gasteiger partial charge in [0.05, 0.1) is 6.76 Å². The van der Waals surface area contributed by atoms with Gasteiger partial charge >= 0.3 is 0 Å². The lowest BCUT2D eigenvalue weighted by atomic mass is 10.0. The molecule has 3 heterocycles. The maximum Gasteiger partial charge on any atom is 0.268 e. The van der Waals surface area contributed by atoms with E-state index >= 15 is 0 Å². The highest BCUT2D eigenvalue weighted by Gasteiger charge is 2.24. The number of nitrogens with one attached hydrogen (secondary N) is 1. The van der Waals surface area contributed by atoms with Gasteiger partial charge in [0.1, 0.15) is 16.1 Å². The molecule has 1 aliphatic heterocycles. The molecule has 1 aliphatic rings. The lowest BCUT2D eigenvalue weighted by molar-refractivity contribution is 0.0945. The van der Waals surface area contributed by atoms with Gasteiger partial charge in [-0.15, -0.1) is 11.3 Å². The molecule has 1 saturated heterocycles. The third kappa shape index (κ3) is 4.19. The van der Waals surface area contributed by atoms with Crippen molar-refractivity contribution in [2.24, 2.45) is 5.89 Å². The molecule has 0 spiro atoms. The Morgan fingerprint density at radius 3 is 3.30 bits per heavy atom. The third-order valence-electron chi connectivity index (χ3n) is 3.84. The van der Waals surface area contributed by atoms with Crippen molar-refractivity contribution in [1.29, 1.82) is 0 Å². The smallest absolute Gasteiger partial charge is 0.268 e. The quantitative estimate of drug-likeness (QED) is 0.774. The molecular weight excluding hydrogens is 362 g/mol. The maximum atomic E-state index is 13.3. The fourth-order valence-electron chi connectivity index (χ4n) is 2.64. The number of hydrogen-bond donors (Lipinski definition) is 2. The Hall–Kier alpha value is -1.86. The predicted molar refractivity (Wildman–Crippen MR) is 110 cm³/mol. The zero-order valence-corrected chi connectivity index (χ0v) is 15.6. The molecule has 2 aromatic rings. The number of piperidine rings is 1. The van der Waals surface area contributed by atoms with Gasteiger partial charge in [-0.25, -0.2) is 0 Å². The summed E-state index contributed by atoms with van der Waals surface area (Å²) in [6, 6.07) is -1.27. The molecule has 0 aliphatic carbocycles. The number of carbonyl (C=O) groups is 1. The monoisotopic (exact) mass is 405 g/mol. The van der Waals surface area contributed by atoms with Crippen LogP contribution in [0.1, 0.15) is 74.1 Å². The Balaban J connectivity index is 1.95. The van der Waals surface area contributed by atoms with Crippen molar-refractivity contribution in [1.82, 2.24) is 14.8 Å². The van der Waals surface area contributed by atoms with Crippen molar-refractivity contribution in [3.8, 4) is 5.75 Å². The molecule has 148 valence electrons. The number of aromatic nitrogens is 1. The average Bonchev–Trinajstić information content (AvgIpc) is 3.28. The van der Waals surface area contributed by atoms with Crippen LogP contribution in [0.4, 0.5) is 0 Å². The molecule has 7 heteroatoms. The molecule has 3 rings (SSSR count). The van der Waals surface area contributed by atoms with Crippen LogP contribution in [0.3, 0.4) is 0 Å². The maximum absolute atomic E-state index is 13.3. The number of likely N-dealkylation sites (tertiary alicyclic amines) is 1. The van der Waals surface area contributed by atoms with Gasteiger partial charge in [-0.3, -0.25) is 14.2 Å². The zero-order chi connectivity index (χ0) is 31.9.